The third-order valence-electron chi connectivity index (χ3n) is 2.33. The molecule has 92 valence electrons. The van der Waals surface area contributed by atoms with Crippen LogP contribution in [0.1, 0.15) is 26.3 Å². The average molecular weight is 241 g/mol. The van der Waals surface area contributed by atoms with Gasteiger partial charge in [0.15, 0.2) is 0 Å². The van der Waals surface area contributed by atoms with E-state index < -0.39 is 0 Å². The number of likely N-dealkylation sites (N-methyl/N-ethyl adjacent to an activating group) is 1. The van der Waals surface area contributed by atoms with Crippen LogP contribution in [0, 0.1) is 5.92 Å². The number of hydrogen-bond donors (Lipinski definition) is 1. The molecule has 2 nitrogen and oxygen atoms in total. The lowest BCUT2D eigenvalue weighted by Crippen LogP contribution is -2.33. The first kappa shape index (κ1) is 13.7. The Kier molecular flexibility index (Phi) is 6.65. The van der Waals surface area contributed by atoms with Crippen LogP contribution in [0.2, 0.25) is 0 Å². The first-order valence-corrected chi connectivity index (χ1v) is 7.20. The molecule has 0 aromatic carbocycles. The minimum Gasteiger partial charge on any atom is -0.472 e. The minimum atomic E-state index is 0.561. The van der Waals surface area contributed by atoms with Crippen molar-refractivity contribution in [3.05, 3.63) is 24.2 Å². The number of nitrogens with one attached hydrogen (secondary N) is 1. The van der Waals surface area contributed by atoms with Gasteiger partial charge in [-0.15, -0.1) is 0 Å². The minimum absolute atomic E-state index is 0.561. The standard InChI is InChI=1S/C13H23NOS/c1-4-14-13(10-16-9-11(2)3)7-12-5-6-15-8-12/h5-6,8,11,13-14H,4,7,9-10H2,1-3H3. The summed E-state index contributed by atoms with van der Waals surface area (Å²) in [5, 5.41) is 3.53. The van der Waals surface area contributed by atoms with E-state index in [-0.39, 0.29) is 0 Å². The lowest BCUT2D eigenvalue weighted by molar-refractivity contribution is 0.547. The van der Waals surface area contributed by atoms with Gasteiger partial charge in [0.2, 0.25) is 0 Å². The van der Waals surface area contributed by atoms with E-state index >= 15 is 0 Å². The fraction of sp³-hybridized carbons (Fsp3) is 0.692. The molecule has 0 saturated carbocycles. The van der Waals surface area contributed by atoms with Gasteiger partial charge in [0.05, 0.1) is 12.5 Å². The molecule has 1 rings (SSSR count). The molecule has 0 aliphatic rings. The normalized spacial score (nSPS) is 13.2. The van der Waals surface area contributed by atoms with E-state index in [9.17, 15) is 0 Å². The van der Waals surface area contributed by atoms with Gasteiger partial charge in [0.1, 0.15) is 0 Å². The molecule has 1 aromatic rings. The Morgan fingerprint density at radius 3 is 2.75 bits per heavy atom. The van der Waals surface area contributed by atoms with Crippen LogP contribution in [0.4, 0.5) is 0 Å². The van der Waals surface area contributed by atoms with Gasteiger partial charge in [-0.3, -0.25) is 0 Å². The molecule has 0 aliphatic heterocycles. The van der Waals surface area contributed by atoms with Crippen molar-refractivity contribution in [2.45, 2.75) is 33.2 Å². The highest BCUT2D eigenvalue weighted by Gasteiger charge is 2.09. The summed E-state index contributed by atoms with van der Waals surface area (Å²) in [5.74, 6) is 3.20. The molecular formula is C13H23NOS. The Morgan fingerprint density at radius 1 is 1.38 bits per heavy atom. The van der Waals surface area contributed by atoms with Crippen molar-refractivity contribution in [1.29, 1.82) is 0 Å². The van der Waals surface area contributed by atoms with Gasteiger partial charge in [0.25, 0.3) is 0 Å². The van der Waals surface area contributed by atoms with Crippen molar-refractivity contribution in [3.63, 3.8) is 0 Å². The van der Waals surface area contributed by atoms with Gasteiger partial charge in [0, 0.05) is 11.8 Å². The van der Waals surface area contributed by atoms with Gasteiger partial charge in [-0.05, 0) is 36.3 Å². The summed E-state index contributed by atoms with van der Waals surface area (Å²) >= 11 is 2.04. The quantitative estimate of drug-likeness (QED) is 0.756. The molecule has 0 fully saturated rings. The molecule has 1 atom stereocenters. The van der Waals surface area contributed by atoms with Crippen molar-refractivity contribution >= 4 is 11.8 Å². The van der Waals surface area contributed by atoms with Gasteiger partial charge >= 0.3 is 0 Å². The van der Waals surface area contributed by atoms with E-state index in [1.165, 1.54) is 17.1 Å². The summed E-state index contributed by atoms with van der Waals surface area (Å²) in [4.78, 5) is 0. The zero-order chi connectivity index (χ0) is 11.8. The van der Waals surface area contributed by atoms with Crippen LogP contribution in [0.15, 0.2) is 23.0 Å². The number of rotatable bonds is 8. The van der Waals surface area contributed by atoms with Crippen molar-refractivity contribution < 1.29 is 4.42 Å². The summed E-state index contributed by atoms with van der Waals surface area (Å²) in [6.07, 6.45) is 4.66. The lowest BCUT2D eigenvalue weighted by Gasteiger charge is -2.17. The lowest BCUT2D eigenvalue weighted by atomic mass is 10.1. The topological polar surface area (TPSA) is 25.2 Å². The van der Waals surface area contributed by atoms with Crippen molar-refractivity contribution in [2.24, 2.45) is 5.92 Å². The number of thioether (sulfide) groups is 1. The van der Waals surface area contributed by atoms with Crippen molar-refractivity contribution in [3.8, 4) is 0 Å². The monoisotopic (exact) mass is 241 g/mol. The molecule has 16 heavy (non-hydrogen) atoms. The van der Waals surface area contributed by atoms with E-state index in [1.54, 1.807) is 6.26 Å². The Labute approximate surface area is 103 Å². The molecular weight excluding hydrogens is 218 g/mol. The Balaban J connectivity index is 2.29. The summed E-state index contributed by atoms with van der Waals surface area (Å²) in [6, 6.07) is 2.61. The molecule has 0 bridgehead atoms. The zero-order valence-electron chi connectivity index (χ0n) is 10.5. The average Bonchev–Trinajstić information content (AvgIpc) is 2.70. The molecule has 0 saturated heterocycles. The Morgan fingerprint density at radius 2 is 2.19 bits per heavy atom. The molecule has 0 radical (unpaired) electrons. The number of hydrogen-bond acceptors (Lipinski definition) is 3. The fourth-order valence-corrected chi connectivity index (χ4v) is 2.75. The van der Waals surface area contributed by atoms with Crippen LogP contribution in [-0.4, -0.2) is 24.1 Å². The second-order valence-electron chi connectivity index (χ2n) is 4.52. The smallest absolute Gasteiger partial charge is 0.0935 e. The highest BCUT2D eigenvalue weighted by Crippen LogP contribution is 2.12. The summed E-state index contributed by atoms with van der Waals surface area (Å²) in [7, 11) is 0. The van der Waals surface area contributed by atoms with E-state index in [0.717, 1.165) is 18.9 Å². The maximum atomic E-state index is 5.10. The molecule has 1 heterocycles. The second kappa shape index (κ2) is 7.80. The number of furan rings is 1. The molecule has 1 N–H and O–H groups in total. The van der Waals surface area contributed by atoms with Crippen LogP contribution in [0.25, 0.3) is 0 Å². The van der Waals surface area contributed by atoms with Gasteiger partial charge in [-0.25, -0.2) is 0 Å². The van der Waals surface area contributed by atoms with Crippen LogP contribution < -0.4 is 5.32 Å². The largest absolute Gasteiger partial charge is 0.472 e. The van der Waals surface area contributed by atoms with Crippen molar-refractivity contribution in [2.75, 3.05) is 18.1 Å². The predicted octanol–water partition coefficient (Wildman–Crippen LogP) is 3.19. The highest BCUT2D eigenvalue weighted by atomic mass is 32.2. The first-order chi connectivity index (χ1) is 7.72. The third-order valence-corrected chi connectivity index (χ3v) is 3.87. The van der Waals surface area contributed by atoms with Gasteiger partial charge in [-0.2, -0.15) is 11.8 Å². The summed E-state index contributed by atoms with van der Waals surface area (Å²) < 4.78 is 5.10. The first-order valence-electron chi connectivity index (χ1n) is 6.04. The highest BCUT2D eigenvalue weighted by molar-refractivity contribution is 7.99. The van der Waals surface area contributed by atoms with Gasteiger partial charge < -0.3 is 9.73 Å². The maximum Gasteiger partial charge on any atom is 0.0935 e. The predicted molar refractivity (Wildman–Crippen MR) is 72.0 cm³/mol. The summed E-state index contributed by atoms with van der Waals surface area (Å²) in [5.41, 5.74) is 1.29. The van der Waals surface area contributed by atoms with Gasteiger partial charge in [-0.1, -0.05) is 20.8 Å². The van der Waals surface area contributed by atoms with Crippen LogP contribution >= 0.6 is 11.8 Å². The summed E-state index contributed by atoms with van der Waals surface area (Å²) in [6.45, 7) is 7.73. The van der Waals surface area contributed by atoms with Crippen LogP contribution in [0.3, 0.4) is 0 Å². The molecule has 0 spiro atoms. The fourth-order valence-electron chi connectivity index (χ4n) is 1.62. The molecule has 0 aliphatic carbocycles. The maximum absolute atomic E-state index is 5.10. The second-order valence-corrected chi connectivity index (χ2v) is 5.60. The molecule has 3 heteroatoms. The Bertz CT molecular complexity index is 259. The van der Waals surface area contributed by atoms with Crippen LogP contribution in [0.5, 0.6) is 0 Å². The molecule has 1 aromatic heterocycles. The van der Waals surface area contributed by atoms with E-state index in [1.807, 2.05) is 18.0 Å². The van der Waals surface area contributed by atoms with E-state index in [4.69, 9.17) is 4.42 Å². The van der Waals surface area contributed by atoms with E-state index in [0.29, 0.717) is 6.04 Å². The molecule has 1 unspecified atom stereocenters. The Hall–Kier alpha value is -0.410. The van der Waals surface area contributed by atoms with E-state index in [2.05, 4.69) is 32.2 Å². The third kappa shape index (κ3) is 5.61. The molecule has 0 amide bonds. The SMILES string of the molecule is CCNC(CSCC(C)C)Cc1ccoc1. The zero-order valence-corrected chi connectivity index (χ0v) is 11.3. The van der Waals surface area contributed by atoms with Crippen molar-refractivity contribution in [1.82, 2.24) is 5.32 Å². The van der Waals surface area contributed by atoms with Crippen LogP contribution in [-0.2, 0) is 6.42 Å².